The van der Waals surface area contributed by atoms with Crippen LogP contribution in [0.15, 0.2) is 0 Å². The Labute approximate surface area is 135 Å². The van der Waals surface area contributed by atoms with E-state index in [9.17, 15) is 24.0 Å². The Bertz CT molecular complexity index is 513. The number of likely N-dealkylation sites (tertiary alicyclic amines) is 1. The third-order valence-corrected chi connectivity index (χ3v) is 3.69. The lowest BCUT2D eigenvalue weighted by Crippen LogP contribution is -2.54. The van der Waals surface area contributed by atoms with Crippen molar-refractivity contribution < 1.29 is 24.0 Å². The third-order valence-electron chi connectivity index (χ3n) is 3.69. The molecule has 2 N–H and O–H groups in total. The van der Waals surface area contributed by atoms with Crippen LogP contribution in [0.4, 0.5) is 0 Å². The summed E-state index contributed by atoms with van der Waals surface area (Å²) in [7, 11) is 0. The highest BCUT2D eigenvalue weighted by atomic mass is 16.2. The largest absolute Gasteiger partial charge is 0.345 e. The van der Waals surface area contributed by atoms with Crippen LogP contribution in [-0.4, -0.2) is 52.9 Å². The molecule has 2 atom stereocenters. The summed E-state index contributed by atoms with van der Waals surface area (Å²) in [4.78, 5) is 59.3. The summed E-state index contributed by atoms with van der Waals surface area (Å²) in [6.45, 7) is 6.01. The molecule has 23 heavy (non-hydrogen) atoms. The van der Waals surface area contributed by atoms with Crippen LogP contribution in [0.25, 0.3) is 0 Å². The number of carbonyl (C=O) groups is 5. The minimum atomic E-state index is -0.850. The van der Waals surface area contributed by atoms with Gasteiger partial charge in [-0.15, -0.1) is 0 Å². The number of ketones is 1. The molecule has 0 radical (unpaired) electrons. The highest BCUT2D eigenvalue weighted by Gasteiger charge is 2.32. The second kappa shape index (κ2) is 7.85. The normalized spacial score (nSPS) is 17.2. The highest BCUT2D eigenvalue weighted by molar-refractivity contribution is 6.04. The summed E-state index contributed by atoms with van der Waals surface area (Å²) >= 11 is 0. The van der Waals surface area contributed by atoms with Crippen LogP contribution in [0.5, 0.6) is 0 Å². The second-order valence-corrected chi connectivity index (χ2v) is 6.00. The van der Waals surface area contributed by atoms with E-state index in [0.717, 1.165) is 4.90 Å². The molecule has 0 aromatic carbocycles. The number of carbonyl (C=O) groups excluding carboxylic acids is 5. The molecule has 1 aliphatic heterocycles. The molecule has 0 spiro atoms. The van der Waals surface area contributed by atoms with Gasteiger partial charge >= 0.3 is 0 Å². The van der Waals surface area contributed by atoms with E-state index in [1.54, 1.807) is 20.8 Å². The fraction of sp³-hybridized carbons (Fsp3) is 0.667. The van der Waals surface area contributed by atoms with Crippen LogP contribution in [0, 0.1) is 5.92 Å². The summed E-state index contributed by atoms with van der Waals surface area (Å²) in [6.07, 6.45) is 0.215. The Morgan fingerprint density at radius 3 is 2.00 bits per heavy atom. The number of rotatable bonds is 7. The van der Waals surface area contributed by atoms with Gasteiger partial charge < -0.3 is 10.6 Å². The first kappa shape index (κ1) is 18.8. The molecule has 0 aromatic heterocycles. The SMILES string of the molecule is CC(=O)[C@H](C)NC(=O)[C@@H](NC(=O)CN1C(=O)CCC1=O)C(C)C. The van der Waals surface area contributed by atoms with E-state index in [-0.39, 0.29) is 36.4 Å². The predicted molar refractivity (Wildman–Crippen MR) is 81.0 cm³/mol. The van der Waals surface area contributed by atoms with Crippen molar-refractivity contribution in [3.8, 4) is 0 Å². The number of amides is 4. The molecule has 0 bridgehead atoms. The molecule has 8 heteroatoms. The molecule has 1 heterocycles. The second-order valence-electron chi connectivity index (χ2n) is 6.00. The van der Waals surface area contributed by atoms with Crippen molar-refractivity contribution in [2.75, 3.05) is 6.54 Å². The maximum Gasteiger partial charge on any atom is 0.243 e. The van der Waals surface area contributed by atoms with E-state index in [4.69, 9.17) is 0 Å². The zero-order valence-corrected chi connectivity index (χ0v) is 13.8. The molecular weight excluding hydrogens is 302 g/mol. The van der Waals surface area contributed by atoms with E-state index < -0.39 is 30.4 Å². The predicted octanol–water partition coefficient (Wildman–Crippen LogP) is -0.630. The highest BCUT2D eigenvalue weighted by Crippen LogP contribution is 2.11. The molecular formula is C15H23N3O5. The van der Waals surface area contributed by atoms with Gasteiger partial charge in [-0.1, -0.05) is 13.8 Å². The Hall–Kier alpha value is -2.25. The average molecular weight is 325 g/mol. The smallest absolute Gasteiger partial charge is 0.243 e. The molecule has 1 rings (SSSR count). The van der Waals surface area contributed by atoms with Gasteiger partial charge in [0.15, 0.2) is 5.78 Å². The van der Waals surface area contributed by atoms with Gasteiger partial charge in [-0.2, -0.15) is 0 Å². The Morgan fingerprint density at radius 2 is 1.57 bits per heavy atom. The number of hydrogen-bond acceptors (Lipinski definition) is 5. The molecule has 128 valence electrons. The molecule has 8 nitrogen and oxygen atoms in total. The molecule has 4 amide bonds. The minimum Gasteiger partial charge on any atom is -0.345 e. The van der Waals surface area contributed by atoms with Crippen LogP contribution >= 0.6 is 0 Å². The summed E-state index contributed by atoms with van der Waals surface area (Å²) in [5.41, 5.74) is 0. The molecule has 0 aliphatic carbocycles. The summed E-state index contributed by atoms with van der Waals surface area (Å²) in [5.74, 6) is -2.25. The van der Waals surface area contributed by atoms with Crippen molar-refractivity contribution in [3.63, 3.8) is 0 Å². The van der Waals surface area contributed by atoms with Crippen LogP contribution in [-0.2, 0) is 24.0 Å². The van der Waals surface area contributed by atoms with Crippen LogP contribution in [0.2, 0.25) is 0 Å². The van der Waals surface area contributed by atoms with Gasteiger partial charge in [0.1, 0.15) is 12.6 Å². The number of hydrogen-bond donors (Lipinski definition) is 2. The van der Waals surface area contributed by atoms with E-state index in [2.05, 4.69) is 10.6 Å². The third kappa shape index (κ3) is 5.15. The number of nitrogens with one attached hydrogen (secondary N) is 2. The van der Waals surface area contributed by atoms with Crippen molar-refractivity contribution >= 4 is 29.4 Å². The first-order chi connectivity index (χ1) is 10.6. The molecule has 0 saturated carbocycles. The van der Waals surface area contributed by atoms with Crippen molar-refractivity contribution in [1.82, 2.24) is 15.5 Å². The van der Waals surface area contributed by atoms with Crippen molar-refractivity contribution in [2.45, 2.75) is 52.6 Å². The van der Waals surface area contributed by atoms with Gasteiger partial charge in [0.25, 0.3) is 0 Å². The monoisotopic (exact) mass is 325 g/mol. The van der Waals surface area contributed by atoms with E-state index in [0.29, 0.717) is 0 Å². The van der Waals surface area contributed by atoms with Crippen molar-refractivity contribution in [3.05, 3.63) is 0 Å². The minimum absolute atomic E-state index is 0.107. The Morgan fingerprint density at radius 1 is 1.04 bits per heavy atom. The lowest BCUT2D eigenvalue weighted by Gasteiger charge is -2.24. The number of imide groups is 1. The fourth-order valence-electron chi connectivity index (χ4n) is 2.10. The van der Waals surface area contributed by atoms with Gasteiger partial charge in [-0.05, 0) is 19.8 Å². The first-order valence-corrected chi connectivity index (χ1v) is 7.56. The maximum absolute atomic E-state index is 12.2. The van der Waals surface area contributed by atoms with E-state index >= 15 is 0 Å². The average Bonchev–Trinajstić information content (AvgIpc) is 2.75. The molecule has 1 fully saturated rings. The van der Waals surface area contributed by atoms with Gasteiger partial charge in [-0.25, -0.2) is 0 Å². The van der Waals surface area contributed by atoms with Gasteiger partial charge in [0.2, 0.25) is 23.6 Å². The number of nitrogens with zero attached hydrogens (tertiary/aromatic N) is 1. The van der Waals surface area contributed by atoms with Crippen LogP contribution in [0.1, 0.15) is 40.5 Å². The van der Waals surface area contributed by atoms with Crippen LogP contribution in [0.3, 0.4) is 0 Å². The standard InChI is InChI=1S/C15H23N3O5/c1-8(2)14(15(23)16-9(3)10(4)19)17-11(20)7-18-12(21)5-6-13(18)22/h8-9,14H,5-7H2,1-4H3,(H,16,23)(H,17,20)/t9-,14-/m0/s1. The van der Waals surface area contributed by atoms with Gasteiger partial charge in [0, 0.05) is 12.8 Å². The maximum atomic E-state index is 12.2. The van der Waals surface area contributed by atoms with Gasteiger partial charge in [-0.3, -0.25) is 28.9 Å². The topological polar surface area (TPSA) is 113 Å². The molecule has 0 unspecified atom stereocenters. The Balaban J connectivity index is 2.66. The molecule has 1 saturated heterocycles. The zero-order chi connectivity index (χ0) is 17.7. The lowest BCUT2D eigenvalue weighted by atomic mass is 10.0. The fourth-order valence-corrected chi connectivity index (χ4v) is 2.10. The molecule has 0 aromatic rings. The zero-order valence-electron chi connectivity index (χ0n) is 13.8. The van der Waals surface area contributed by atoms with Crippen molar-refractivity contribution in [1.29, 1.82) is 0 Å². The van der Waals surface area contributed by atoms with Crippen LogP contribution < -0.4 is 10.6 Å². The first-order valence-electron chi connectivity index (χ1n) is 7.56. The number of Topliss-reactive ketones (excluding diaryl/α,β-unsaturated/α-hetero) is 1. The summed E-state index contributed by atoms with van der Waals surface area (Å²) in [5, 5.41) is 5.05. The van der Waals surface area contributed by atoms with Crippen molar-refractivity contribution in [2.24, 2.45) is 5.92 Å². The quantitative estimate of drug-likeness (QED) is 0.605. The van der Waals surface area contributed by atoms with E-state index in [1.165, 1.54) is 6.92 Å². The van der Waals surface area contributed by atoms with E-state index in [1.807, 2.05) is 0 Å². The van der Waals surface area contributed by atoms with Gasteiger partial charge in [0.05, 0.1) is 6.04 Å². The Kier molecular flexibility index (Phi) is 6.41. The summed E-state index contributed by atoms with van der Waals surface area (Å²) < 4.78 is 0. The molecule has 1 aliphatic rings. The lowest BCUT2D eigenvalue weighted by molar-refractivity contribution is -0.142. The summed E-state index contributed by atoms with van der Waals surface area (Å²) in [6, 6.07) is -1.50.